The van der Waals surface area contributed by atoms with Crippen LogP contribution in [0.25, 0.3) is 0 Å². The highest BCUT2D eigenvalue weighted by atomic mass is 31.2. The van der Waals surface area contributed by atoms with E-state index in [9.17, 15) is 0 Å². The maximum atomic E-state index is 8.51. The highest BCUT2D eigenvalue weighted by molar-refractivity contribution is 7.74. The van der Waals surface area contributed by atoms with Crippen molar-refractivity contribution >= 4 is 7.26 Å². The van der Waals surface area contributed by atoms with Gasteiger partial charge in [-0.3, -0.25) is 0 Å². The van der Waals surface area contributed by atoms with Crippen LogP contribution < -0.4 is 0 Å². The quantitative estimate of drug-likeness (QED) is 0.471. The van der Waals surface area contributed by atoms with Gasteiger partial charge in [-0.25, -0.2) is 0 Å². The highest BCUT2D eigenvalue weighted by Gasteiger charge is 2.28. The van der Waals surface area contributed by atoms with Gasteiger partial charge >= 0.3 is 0 Å². The van der Waals surface area contributed by atoms with Gasteiger partial charge in [0.15, 0.2) is 19.0 Å². The SMILES string of the molecule is C[P+](CO)(CO)CO.[OH-]. The Morgan fingerprint density at radius 2 is 1.22 bits per heavy atom. The molecule has 0 aromatic heterocycles. The van der Waals surface area contributed by atoms with Crippen molar-refractivity contribution in [3.05, 3.63) is 0 Å². The molecule has 0 rings (SSSR count). The standard InChI is InChI=1S/C4H12O3P.H2O/c1-8(2-5,3-6)4-7;/h5-7H,2-4H2,1H3;1H2/q+1;/p-1. The summed E-state index contributed by atoms with van der Waals surface area (Å²) in [6.07, 6.45) is -0.208. The summed E-state index contributed by atoms with van der Waals surface area (Å²) < 4.78 is 0. The minimum Gasteiger partial charge on any atom is -0.870 e. The summed E-state index contributed by atoms with van der Waals surface area (Å²) >= 11 is 0. The van der Waals surface area contributed by atoms with E-state index >= 15 is 0 Å². The van der Waals surface area contributed by atoms with Crippen molar-refractivity contribution in [3.63, 3.8) is 0 Å². The van der Waals surface area contributed by atoms with Crippen LogP contribution in [-0.2, 0) is 0 Å². The molecule has 0 unspecified atom stereocenters. The second-order valence-corrected chi connectivity index (χ2v) is 6.13. The highest BCUT2D eigenvalue weighted by Crippen LogP contribution is 2.51. The second-order valence-electron chi connectivity index (χ2n) is 2.04. The summed E-state index contributed by atoms with van der Waals surface area (Å²) in [5.41, 5.74) is 0. The largest absolute Gasteiger partial charge is 0.870 e. The lowest BCUT2D eigenvalue weighted by atomic mass is 11.6. The Kier molecular flexibility index (Phi) is 6.78. The Hall–Kier alpha value is 0.270. The maximum absolute atomic E-state index is 8.51. The monoisotopic (exact) mass is 156 g/mol. The van der Waals surface area contributed by atoms with Crippen LogP contribution in [0.4, 0.5) is 0 Å². The fraction of sp³-hybridized carbons (Fsp3) is 1.00. The molecule has 0 aromatic rings. The van der Waals surface area contributed by atoms with Crippen LogP contribution in [0.3, 0.4) is 0 Å². The van der Waals surface area contributed by atoms with Gasteiger partial charge in [0.1, 0.15) is 0 Å². The van der Waals surface area contributed by atoms with Gasteiger partial charge in [0.25, 0.3) is 0 Å². The molecule has 0 heterocycles. The number of hydrogen-bond acceptors (Lipinski definition) is 4. The third kappa shape index (κ3) is 3.78. The zero-order valence-corrected chi connectivity index (χ0v) is 6.25. The van der Waals surface area contributed by atoms with E-state index in [-0.39, 0.29) is 24.5 Å². The molecule has 0 fully saturated rings. The molecule has 0 amide bonds. The van der Waals surface area contributed by atoms with Gasteiger partial charge in [0.05, 0.1) is 13.9 Å². The van der Waals surface area contributed by atoms with E-state index in [4.69, 9.17) is 15.3 Å². The van der Waals surface area contributed by atoms with E-state index in [1.165, 1.54) is 0 Å². The van der Waals surface area contributed by atoms with E-state index in [2.05, 4.69) is 0 Å². The Balaban J connectivity index is 0. The minimum absolute atomic E-state index is 0. The van der Waals surface area contributed by atoms with E-state index in [1.54, 1.807) is 6.66 Å². The summed E-state index contributed by atoms with van der Waals surface area (Å²) in [7, 11) is -1.75. The van der Waals surface area contributed by atoms with Crippen LogP contribution in [0, 0.1) is 0 Å². The predicted octanol–water partition coefficient (Wildman–Crippen LogP) is -0.694. The molecule has 0 saturated heterocycles. The zero-order chi connectivity index (χ0) is 6.62. The molecule has 0 saturated carbocycles. The lowest BCUT2D eigenvalue weighted by Gasteiger charge is -2.12. The molecular formula is C4H13O4P. The van der Waals surface area contributed by atoms with Gasteiger partial charge in [0.2, 0.25) is 0 Å². The molecule has 0 bridgehead atoms. The summed E-state index contributed by atoms with van der Waals surface area (Å²) in [4.78, 5) is 0. The first-order valence-electron chi connectivity index (χ1n) is 2.34. The Labute approximate surface area is 54.8 Å². The van der Waals surface area contributed by atoms with Crippen LogP contribution in [0.5, 0.6) is 0 Å². The minimum atomic E-state index is -1.75. The molecule has 0 aliphatic carbocycles. The van der Waals surface area contributed by atoms with Crippen molar-refractivity contribution in [1.29, 1.82) is 0 Å². The summed E-state index contributed by atoms with van der Waals surface area (Å²) in [5, 5.41) is 25.5. The third-order valence-corrected chi connectivity index (χ3v) is 3.07. The summed E-state index contributed by atoms with van der Waals surface area (Å²) in [5.74, 6) is 0. The molecule has 58 valence electrons. The average Bonchev–Trinajstić information content (AvgIpc) is 1.87. The Morgan fingerprint density at radius 3 is 1.22 bits per heavy atom. The van der Waals surface area contributed by atoms with E-state index in [0.29, 0.717) is 0 Å². The van der Waals surface area contributed by atoms with Gasteiger partial charge in [0, 0.05) is 0 Å². The smallest absolute Gasteiger partial charge is 0.158 e. The fourth-order valence-electron chi connectivity index (χ4n) is 0.134. The van der Waals surface area contributed by atoms with Crippen molar-refractivity contribution in [2.45, 2.75) is 0 Å². The van der Waals surface area contributed by atoms with Crippen molar-refractivity contribution in [2.24, 2.45) is 0 Å². The second kappa shape index (κ2) is 5.09. The molecule has 4 nitrogen and oxygen atoms in total. The topological polar surface area (TPSA) is 90.7 Å². The fourth-order valence-corrected chi connectivity index (χ4v) is 0.402. The van der Waals surface area contributed by atoms with Crippen molar-refractivity contribution < 1.29 is 20.8 Å². The maximum Gasteiger partial charge on any atom is 0.158 e. The Bertz CT molecular complexity index is 55.3. The third-order valence-electron chi connectivity index (χ3n) is 1.02. The lowest BCUT2D eigenvalue weighted by molar-refractivity contribution is 0.313. The molecule has 0 spiro atoms. The number of rotatable bonds is 3. The van der Waals surface area contributed by atoms with E-state index < -0.39 is 7.26 Å². The van der Waals surface area contributed by atoms with Gasteiger partial charge in [-0.1, -0.05) is 0 Å². The molecule has 4 N–H and O–H groups in total. The number of hydrogen-bond donors (Lipinski definition) is 3. The van der Waals surface area contributed by atoms with Crippen molar-refractivity contribution in [1.82, 2.24) is 0 Å². The molecule has 0 radical (unpaired) electrons. The van der Waals surface area contributed by atoms with Gasteiger partial charge in [-0.15, -0.1) is 0 Å². The van der Waals surface area contributed by atoms with Crippen LogP contribution in [-0.4, -0.2) is 46.5 Å². The normalized spacial score (nSPS) is 10.7. The summed E-state index contributed by atoms with van der Waals surface area (Å²) in [6.45, 7) is 1.72. The van der Waals surface area contributed by atoms with Gasteiger partial charge in [-0.2, -0.15) is 0 Å². The number of aliphatic hydroxyl groups excluding tert-OH is 3. The number of aliphatic hydroxyl groups is 3. The van der Waals surface area contributed by atoms with Crippen LogP contribution in [0.15, 0.2) is 0 Å². The molecule has 5 heteroatoms. The first-order valence-corrected chi connectivity index (χ1v) is 5.14. The molecule has 9 heavy (non-hydrogen) atoms. The average molecular weight is 156 g/mol. The molecule has 0 atom stereocenters. The molecule has 0 aliphatic rings. The van der Waals surface area contributed by atoms with Crippen LogP contribution in [0.2, 0.25) is 0 Å². The first-order chi connectivity index (χ1) is 3.68. The zero-order valence-electron chi connectivity index (χ0n) is 5.36. The van der Waals surface area contributed by atoms with Crippen molar-refractivity contribution in [2.75, 3.05) is 25.7 Å². The predicted molar refractivity (Wildman–Crippen MR) is 36.0 cm³/mol. The van der Waals surface area contributed by atoms with Crippen LogP contribution in [0.1, 0.15) is 0 Å². The first kappa shape index (κ1) is 12.0. The van der Waals surface area contributed by atoms with E-state index in [0.717, 1.165) is 0 Å². The molecule has 0 aliphatic heterocycles. The van der Waals surface area contributed by atoms with Gasteiger partial charge < -0.3 is 20.8 Å². The Morgan fingerprint density at radius 1 is 1.00 bits per heavy atom. The molecule has 0 aromatic carbocycles. The summed E-state index contributed by atoms with van der Waals surface area (Å²) in [6, 6.07) is 0. The van der Waals surface area contributed by atoms with Crippen molar-refractivity contribution in [3.8, 4) is 0 Å². The lowest BCUT2D eigenvalue weighted by Crippen LogP contribution is -2.04. The van der Waals surface area contributed by atoms with Crippen LogP contribution >= 0.6 is 7.26 Å². The van der Waals surface area contributed by atoms with E-state index in [1.807, 2.05) is 0 Å². The van der Waals surface area contributed by atoms with Gasteiger partial charge in [-0.05, 0) is 0 Å². The molecular weight excluding hydrogens is 143 g/mol.